The van der Waals surface area contributed by atoms with Gasteiger partial charge in [0.1, 0.15) is 22.7 Å². The van der Waals surface area contributed by atoms with Crippen LogP contribution in [-0.2, 0) is 6.54 Å². The molecule has 0 unspecified atom stereocenters. The Morgan fingerprint density at radius 3 is 2.45 bits per heavy atom. The Morgan fingerprint density at radius 2 is 1.76 bits per heavy atom. The van der Waals surface area contributed by atoms with Crippen molar-refractivity contribution in [2.75, 3.05) is 31.1 Å². The van der Waals surface area contributed by atoms with E-state index in [0.29, 0.717) is 72.5 Å². The SMILES string of the molecule is Cc1nnc(-c2ccc(N3CCN(Cc4ccc5nc(C)c(=O)[nH]c5c4F)CC3)c(F)n2)[nH]1. The summed E-state index contributed by atoms with van der Waals surface area (Å²) in [4.78, 5) is 29.6. The molecule has 0 bridgehead atoms. The lowest BCUT2D eigenvalue weighted by molar-refractivity contribution is 0.246. The summed E-state index contributed by atoms with van der Waals surface area (Å²) in [5, 5.41) is 7.82. The molecule has 4 heterocycles. The third kappa shape index (κ3) is 4.07. The van der Waals surface area contributed by atoms with E-state index in [1.165, 1.54) is 0 Å². The maximum Gasteiger partial charge on any atom is 0.269 e. The molecule has 11 heteroatoms. The zero-order valence-electron chi connectivity index (χ0n) is 18.2. The Kier molecular flexibility index (Phi) is 5.33. The van der Waals surface area contributed by atoms with Gasteiger partial charge in [0, 0.05) is 38.3 Å². The van der Waals surface area contributed by atoms with Crippen molar-refractivity contribution in [1.82, 2.24) is 35.0 Å². The molecule has 0 amide bonds. The third-order valence-electron chi connectivity index (χ3n) is 5.83. The quantitative estimate of drug-likeness (QED) is 0.458. The second kappa shape index (κ2) is 8.32. The summed E-state index contributed by atoms with van der Waals surface area (Å²) in [6, 6.07) is 6.82. The van der Waals surface area contributed by atoms with Crippen molar-refractivity contribution in [2.24, 2.45) is 0 Å². The molecule has 1 saturated heterocycles. The van der Waals surface area contributed by atoms with Gasteiger partial charge in [0.25, 0.3) is 5.56 Å². The zero-order chi connectivity index (χ0) is 23.1. The number of nitrogens with zero attached hydrogens (tertiary/aromatic N) is 6. The molecule has 170 valence electrons. The lowest BCUT2D eigenvalue weighted by Gasteiger charge is -2.36. The molecule has 4 aromatic rings. The first kappa shape index (κ1) is 21.1. The van der Waals surface area contributed by atoms with Crippen molar-refractivity contribution >= 4 is 16.7 Å². The van der Waals surface area contributed by atoms with Crippen molar-refractivity contribution in [3.63, 3.8) is 0 Å². The van der Waals surface area contributed by atoms with Crippen LogP contribution in [0.25, 0.3) is 22.6 Å². The minimum atomic E-state index is -0.567. The topological polar surface area (TPSA) is 107 Å². The molecule has 0 aliphatic carbocycles. The number of anilines is 1. The average molecular weight is 452 g/mol. The first-order valence-corrected chi connectivity index (χ1v) is 10.6. The number of piperazine rings is 1. The largest absolute Gasteiger partial charge is 0.365 e. The Bertz CT molecular complexity index is 1390. The van der Waals surface area contributed by atoms with Gasteiger partial charge in [-0.25, -0.2) is 14.4 Å². The number of fused-ring (bicyclic) bond motifs is 1. The Labute approximate surface area is 187 Å². The summed E-state index contributed by atoms with van der Waals surface area (Å²) >= 11 is 0. The lowest BCUT2D eigenvalue weighted by Crippen LogP contribution is -2.46. The lowest BCUT2D eigenvalue weighted by atomic mass is 10.1. The minimum Gasteiger partial charge on any atom is -0.365 e. The van der Waals surface area contributed by atoms with E-state index >= 15 is 0 Å². The Morgan fingerprint density at radius 1 is 0.970 bits per heavy atom. The number of halogens is 2. The van der Waals surface area contributed by atoms with Crippen LogP contribution < -0.4 is 10.5 Å². The van der Waals surface area contributed by atoms with Crippen LogP contribution in [0.4, 0.5) is 14.5 Å². The number of nitrogens with one attached hydrogen (secondary N) is 2. The molecule has 0 atom stereocenters. The molecule has 0 spiro atoms. The molecular formula is C22H22F2N8O. The Hall–Kier alpha value is -3.73. The van der Waals surface area contributed by atoms with Gasteiger partial charge in [0.15, 0.2) is 11.6 Å². The summed E-state index contributed by atoms with van der Waals surface area (Å²) in [6.45, 7) is 6.14. The highest BCUT2D eigenvalue weighted by Gasteiger charge is 2.22. The van der Waals surface area contributed by atoms with Crippen LogP contribution in [0.1, 0.15) is 17.1 Å². The van der Waals surface area contributed by atoms with Crippen LogP contribution in [0.3, 0.4) is 0 Å². The van der Waals surface area contributed by atoms with E-state index < -0.39 is 17.3 Å². The Balaban J connectivity index is 1.27. The molecule has 1 aliphatic heterocycles. The van der Waals surface area contributed by atoms with Gasteiger partial charge in [-0.1, -0.05) is 6.07 Å². The van der Waals surface area contributed by atoms with Crippen molar-refractivity contribution in [1.29, 1.82) is 0 Å². The molecular weight excluding hydrogens is 430 g/mol. The molecule has 5 rings (SSSR count). The molecule has 1 aliphatic rings. The van der Waals surface area contributed by atoms with E-state index in [4.69, 9.17) is 0 Å². The van der Waals surface area contributed by atoms with Crippen molar-refractivity contribution in [3.8, 4) is 11.5 Å². The molecule has 0 radical (unpaired) electrons. The fourth-order valence-corrected chi connectivity index (χ4v) is 4.02. The summed E-state index contributed by atoms with van der Waals surface area (Å²) in [5.74, 6) is 0.0234. The van der Waals surface area contributed by atoms with Crippen molar-refractivity contribution in [3.05, 3.63) is 63.5 Å². The van der Waals surface area contributed by atoms with Crippen LogP contribution in [0.5, 0.6) is 0 Å². The maximum absolute atomic E-state index is 15.0. The van der Waals surface area contributed by atoms with Gasteiger partial charge < -0.3 is 14.9 Å². The van der Waals surface area contributed by atoms with E-state index in [0.717, 1.165) is 0 Å². The van der Waals surface area contributed by atoms with Crippen LogP contribution in [0, 0.1) is 25.6 Å². The number of hydrogen-bond acceptors (Lipinski definition) is 7. The summed E-state index contributed by atoms with van der Waals surface area (Å²) in [5.41, 5.74) is 1.75. The average Bonchev–Trinajstić information content (AvgIpc) is 3.24. The molecule has 9 nitrogen and oxygen atoms in total. The molecule has 33 heavy (non-hydrogen) atoms. The van der Waals surface area contributed by atoms with E-state index in [2.05, 4.69) is 35.0 Å². The highest BCUT2D eigenvalue weighted by molar-refractivity contribution is 5.75. The number of rotatable bonds is 4. The van der Waals surface area contributed by atoms with Crippen LogP contribution in [-0.4, -0.2) is 61.2 Å². The van der Waals surface area contributed by atoms with E-state index in [-0.39, 0.29) is 5.52 Å². The van der Waals surface area contributed by atoms with Gasteiger partial charge in [0.05, 0.1) is 11.2 Å². The predicted octanol–water partition coefficient (Wildman–Crippen LogP) is 2.32. The van der Waals surface area contributed by atoms with Crippen LogP contribution >= 0.6 is 0 Å². The second-order valence-corrected chi connectivity index (χ2v) is 8.11. The highest BCUT2D eigenvalue weighted by Crippen LogP contribution is 2.24. The number of aryl methyl sites for hydroxylation is 2. The normalized spacial score (nSPS) is 14.8. The van der Waals surface area contributed by atoms with Gasteiger partial charge in [-0.2, -0.15) is 4.39 Å². The van der Waals surface area contributed by atoms with Gasteiger partial charge in [0.2, 0.25) is 5.95 Å². The van der Waals surface area contributed by atoms with Crippen molar-refractivity contribution in [2.45, 2.75) is 20.4 Å². The van der Waals surface area contributed by atoms with Crippen LogP contribution in [0.2, 0.25) is 0 Å². The molecule has 3 aromatic heterocycles. The number of hydrogen-bond donors (Lipinski definition) is 2. The fourth-order valence-electron chi connectivity index (χ4n) is 4.02. The van der Waals surface area contributed by atoms with Gasteiger partial charge in [-0.05, 0) is 32.0 Å². The number of aromatic amines is 2. The summed E-state index contributed by atoms with van der Waals surface area (Å²) in [7, 11) is 0. The predicted molar refractivity (Wildman–Crippen MR) is 119 cm³/mol. The fraction of sp³-hybridized carbons (Fsp3) is 0.318. The standard InChI is InChI=1S/C22H22F2N8O/c1-12-22(33)28-19-15(25-12)4-3-14(18(19)23)11-31-7-9-32(10-8-31)17-6-5-16(27-20(17)24)21-26-13(2)29-30-21/h3-6H,7-11H2,1-2H3,(H,28,33)(H,26,29,30). The van der Waals surface area contributed by atoms with Crippen LogP contribution in [0.15, 0.2) is 29.1 Å². The minimum absolute atomic E-state index is 0.122. The highest BCUT2D eigenvalue weighted by atomic mass is 19.1. The molecule has 1 fully saturated rings. The smallest absolute Gasteiger partial charge is 0.269 e. The first-order valence-electron chi connectivity index (χ1n) is 10.6. The number of aromatic nitrogens is 6. The van der Waals surface area contributed by atoms with Gasteiger partial charge in [-0.3, -0.25) is 9.69 Å². The first-order chi connectivity index (χ1) is 15.9. The second-order valence-electron chi connectivity index (χ2n) is 8.11. The van der Waals surface area contributed by atoms with E-state index in [1.807, 2.05) is 4.90 Å². The number of H-pyrrole nitrogens is 2. The van der Waals surface area contributed by atoms with E-state index in [9.17, 15) is 13.6 Å². The third-order valence-corrected chi connectivity index (χ3v) is 5.83. The summed E-state index contributed by atoms with van der Waals surface area (Å²) < 4.78 is 29.7. The van der Waals surface area contributed by atoms with E-state index in [1.54, 1.807) is 38.1 Å². The maximum atomic E-state index is 15.0. The zero-order valence-corrected chi connectivity index (χ0v) is 18.2. The molecule has 0 saturated carbocycles. The number of benzene rings is 1. The van der Waals surface area contributed by atoms with Crippen molar-refractivity contribution < 1.29 is 8.78 Å². The van der Waals surface area contributed by atoms with Gasteiger partial charge >= 0.3 is 0 Å². The number of pyridine rings is 1. The van der Waals surface area contributed by atoms with Gasteiger partial charge in [-0.15, -0.1) is 10.2 Å². The monoisotopic (exact) mass is 452 g/mol. The molecule has 2 N–H and O–H groups in total. The summed E-state index contributed by atoms with van der Waals surface area (Å²) in [6.07, 6.45) is 0. The molecule has 1 aromatic carbocycles.